The van der Waals surface area contributed by atoms with E-state index in [4.69, 9.17) is 0 Å². The van der Waals surface area contributed by atoms with Crippen molar-refractivity contribution in [2.24, 2.45) is 0 Å². The van der Waals surface area contributed by atoms with Gasteiger partial charge in [0, 0.05) is 34.1 Å². The summed E-state index contributed by atoms with van der Waals surface area (Å²) in [4.78, 5) is 26.3. The van der Waals surface area contributed by atoms with Crippen LogP contribution in [-0.4, -0.2) is 22.9 Å². The first-order valence-electron chi connectivity index (χ1n) is 9.30. The molecular weight excluding hydrogens is 370 g/mol. The number of aryl methyl sites for hydroxylation is 2. The minimum absolute atomic E-state index is 0.146. The molecule has 28 heavy (non-hydrogen) atoms. The number of nitrogens with one attached hydrogen (secondary N) is 2. The highest BCUT2D eigenvalue weighted by Crippen LogP contribution is 2.22. The van der Waals surface area contributed by atoms with Crippen LogP contribution in [0.2, 0.25) is 0 Å². The van der Waals surface area contributed by atoms with E-state index in [1.807, 2.05) is 45.9 Å². The van der Waals surface area contributed by atoms with E-state index >= 15 is 0 Å². The molecule has 0 aliphatic rings. The van der Waals surface area contributed by atoms with E-state index < -0.39 is 0 Å². The number of carbonyl (C=O) groups is 2. The number of hydrogen-bond donors (Lipinski definition) is 2. The molecule has 3 aromatic rings. The van der Waals surface area contributed by atoms with Crippen molar-refractivity contribution in [3.63, 3.8) is 0 Å². The van der Waals surface area contributed by atoms with Crippen molar-refractivity contribution in [3.05, 3.63) is 74.7 Å². The number of carbonyl (C=O) groups excluding carboxylic acids is 2. The zero-order valence-corrected chi connectivity index (χ0v) is 17.4. The summed E-state index contributed by atoms with van der Waals surface area (Å²) in [6.07, 6.45) is 0. The molecule has 2 amide bonds. The molecule has 0 atom stereocenters. The van der Waals surface area contributed by atoms with Gasteiger partial charge < -0.3 is 15.2 Å². The Morgan fingerprint density at radius 1 is 1.07 bits per heavy atom. The Morgan fingerprint density at radius 3 is 2.54 bits per heavy atom. The second-order valence-electron chi connectivity index (χ2n) is 6.79. The van der Waals surface area contributed by atoms with Crippen LogP contribution in [0.4, 0.5) is 5.69 Å². The van der Waals surface area contributed by atoms with Crippen LogP contribution in [0, 0.1) is 20.8 Å². The molecule has 0 aliphatic heterocycles. The Hall–Kier alpha value is -2.86. The largest absolute Gasteiger partial charge is 0.352 e. The fraction of sp³-hybridized carbons (Fsp3) is 0.273. The number of anilines is 1. The van der Waals surface area contributed by atoms with Crippen LogP contribution in [0.1, 0.15) is 49.5 Å². The molecular formula is C22H25N3O2S. The van der Waals surface area contributed by atoms with Crippen molar-refractivity contribution in [2.75, 3.05) is 11.9 Å². The lowest BCUT2D eigenvalue weighted by Gasteiger charge is -2.11. The average molecular weight is 396 g/mol. The predicted molar refractivity (Wildman–Crippen MR) is 114 cm³/mol. The summed E-state index contributed by atoms with van der Waals surface area (Å²) in [7, 11) is 0. The van der Waals surface area contributed by atoms with Crippen LogP contribution >= 0.6 is 11.3 Å². The van der Waals surface area contributed by atoms with Crippen molar-refractivity contribution in [3.8, 4) is 0 Å². The van der Waals surface area contributed by atoms with Gasteiger partial charge in [0.1, 0.15) is 0 Å². The standard InChI is InChI=1S/C22H25N3O2S/c1-5-23-21(26)17-9-8-14(2)20(12-17)24-22(27)19-11-15(3)25(16(19)4)13-18-7-6-10-28-18/h6-12H,5,13H2,1-4H3,(H,23,26)(H,24,27). The highest BCUT2D eigenvalue weighted by Gasteiger charge is 2.17. The van der Waals surface area contributed by atoms with Gasteiger partial charge in [0.05, 0.1) is 12.1 Å². The maximum atomic E-state index is 12.9. The summed E-state index contributed by atoms with van der Waals surface area (Å²) in [5.41, 5.74) is 4.72. The fourth-order valence-corrected chi connectivity index (χ4v) is 3.88. The first-order valence-corrected chi connectivity index (χ1v) is 10.2. The second kappa shape index (κ2) is 8.44. The van der Waals surface area contributed by atoms with E-state index in [-0.39, 0.29) is 11.8 Å². The van der Waals surface area contributed by atoms with Gasteiger partial charge in [-0.2, -0.15) is 0 Å². The number of thiophene rings is 1. The normalized spacial score (nSPS) is 10.7. The number of benzene rings is 1. The summed E-state index contributed by atoms with van der Waals surface area (Å²) in [6, 6.07) is 11.4. The average Bonchev–Trinajstić information content (AvgIpc) is 3.27. The molecule has 3 rings (SSSR count). The summed E-state index contributed by atoms with van der Waals surface area (Å²) in [5.74, 6) is -0.311. The smallest absolute Gasteiger partial charge is 0.257 e. The van der Waals surface area contributed by atoms with Gasteiger partial charge in [0.2, 0.25) is 0 Å². The van der Waals surface area contributed by atoms with Crippen molar-refractivity contribution < 1.29 is 9.59 Å². The molecule has 2 aromatic heterocycles. The van der Waals surface area contributed by atoms with Gasteiger partial charge in [-0.25, -0.2) is 0 Å². The van der Waals surface area contributed by atoms with E-state index in [0.717, 1.165) is 23.5 Å². The molecule has 0 fully saturated rings. The molecule has 0 saturated carbocycles. The molecule has 0 aliphatic carbocycles. The third-order valence-corrected chi connectivity index (χ3v) is 5.66. The lowest BCUT2D eigenvalue weighted by Crippen LogP contribution is -2.23. The van der Waals surface area contributed by atoms with Crippen LogP contribution in [0.5, 0.6) is 0 Å². The van der Waals surface area contributed by atoms with Gasteiger partial charge >= 0.3 is 0 Å². The quantitative estimate of drug-likeness (QED) is 0.644. The van der Waals surface area contributed by atoms with Crippen LogP contribution in [-0.2, 0) is 6.54 Å². The van der Waals surface area contributed by atoms with Crippen molar-refractivity contribution in [1.82, 2.24) is 9.88 Å². The molecule has 0 bridgehead atoms. The Morgan fingerprint density at radius 2 is 1.86 bits per heavy atom. The molecule has 0 spiro atoms. The number of nitrogens with zero attached hydrogens (tertiary/aromatic N) is 1. The van der Waals surface area contributed by atoms with E-state index in [9.17, 15) is 9.59 Å². The summed E-state index contributed by atoms with van der Waals surface area (Å²) in [5, 5.41) is 7.81. The predicted octanol–water partition coefficient (Wildman–Crippen LogP) is 4.53. The Kier molecular flexibility index (Phi) is 5.99. The Balaban J connectivity index is 1.84. The van der Waals surface area contributed by atoms with Crippen LogP contribution < -0.4 is 10.6 Å². The summed E-state index contributed by atoms with van der Waals surface area (Å²) < 4.78 is 2.15. The minimum atomic E-state index is -0.165. The van der Waals surface area contributed by atoms with Crippen molar-refractivity contribution in [1.29, 1.82) is 0 Å². The lowest BCUT2D eigenvalue weighted by molar-refractivity contribution is 0.0954. The molecule has 146 valence electrons. The monoisotopic (exact) mass is 395 g/mol. The van der Waals surface area contributed by atoms with Crippen molar-refractivity contribution >= 4 is 28.8 Å². The highest BCUT2D eigenvalue weighted by atomic mass is 32.1. The third kappa shape index (κ3) is 4.17. The Bertz CT molecular complexity index is 1000. The first kappa shape index (κ1) is 19.9. The number of aromatic nitrogens is 1. The van der Waals surface area contributed by atoms with Gasteiger partial charge in [-0.05, 0) is 62.9 Å². The zero-order chi connectivity index (χ0) is 20.3. The van der Waals surface area contributed by atoms with Crippen LogP contribution in [0.3, 0.4) is 0 Å². The lowest BCUT2D eigenvalue weighted by atomic mass is 10.1. The number of amides is 2. The van der Waals surface area contributed by atoms with Gasteiger partial charge in [0.25, 0.3) is 11.8 Å². The second-order valence-corrected chi connectivity index (χ2v) is 7.83. The summed E-state index contributed by atoms with van der Waals surface area (Å²) in [6.45, 7) is 9.09. The Labute approximate surface area is 169 Å². The minimum Gasteiger partial charge on any atom is -0.352 e. The SMILES string of the molecule is CCNC(=O)c1ccc(C)c(NC(=O)c2cc(C)n(Cc3cccs3)c2C)c1. The molecule has 2 heterocycles. The van der Waals surface area contributed by atoms with Gasteiger partial charge in [-0.1, -0.05) is 12.1 Å². The molecule has 1 aromatic carbocycles. The molecule has 0 saturated heterocycles. The molecule has 5 nitrogen and oxygen atoms in total. The molecule has 2 N–H and O–H groups in total. The number of rotatable bonds is 6. The topological polar surface area (TPSA) is 63.1 Å². The van der Waals surface area contributed by atoms with E-state index in [2.05, 4.69) is 26.6 Å². The fourth-order valence-electron chi connectivity index (χ4n) is 3.18. The highest BCUT2D eigenvalue weighted by molar-refractivity contribution is 7.09. The summed E-state index contributed by atoms with van der Waals surface area (Å²) >= 11 is 1.71. The van der Waals surface area contributed by atoms with Crippen molar-refractivity contribution in [2.45, 2.75) is 34.2 Å². The third-order valence-electron chi connectivity index (χ3n) is 4.80. The van der Waals surface area contributed by atoms with Gasteiger partial charge in [0.15, 0.2) is 0 Å². The molecule has 0 radical (unpaired) electrons. The number of hydrogen-bond acceptors (Lipinski definition) is 3. The van der Waals surface area contributed by atoms with Gasteiger partial charge in [-0.3, -0.25) is 9.59 Å². The van der Waals surface area contributed by atoms with Crippen LogP contribution in [0.15, 0.2) is 41.8 Å². The first-order chi connectivity index (χ1) is 13.4. The maximum Gasteiger partial charge on any atom is 0.257 e. The molecule has 6 heteroatoms. The van der Waals surface area contributed by atoms with E-state index in [1.54, 1.807) is 23.5 Å². The van der Waals surface area contributed by atoms with E-state index in [1.165, 1.54) is 4.88 Å². The molecule has 0 unspecified atom stereocenters. The zero-order valence-electron chi connectivity index (χ0n) is 16.6. The van der Waals surface area contributed by atoms with E-state index in [0.29, 0.717) is 23.4 Å². The maximum absolute atomic E-state index is 12.9. The van der Waals surface area contributed by atoms with Gasteiger partial charge in [-0.15, -0.1) is 11.3 Å². The van der Waals surface area contributed by atoms with Crippen LogP contribution in [0.25, 0.3) is 0 Å².